The normalized spacial score (nSPS) is 22.5. The predicted octanol–water partition coefficient (Wildman–Crippen LogP) is 3.95. The molecule has 11 heteroatoms. The van der Waals surface area contributed by atoms with Crippen LogP contribution in [-0.2, 0) is 11.4 Å². The van der Waals surface area contributed by atoms with Gasteiger partial charge in [0.2, 0.25) is 0 Å². The lowest BCUT2D eigenvalue weighted by Crippen LogP contribution is -2.33. The Morgan fingerprint density at radius 3 is 2.34 bits per heavy atom. The fourth-order valence-electron chi connectivity index (χ4n) is 2.96. The van der Waals surface area contributed by atoms with Crippen molar-refractivity contribution in [2.75, 3.05) is 6.61 Å². The third-order valence-electron chi connectivity index (χ3n) is 4.26. The van der Waals surface area contributed by atoms with Gasteiger partial charge in [0.05, 0.1) is 18.6 Å². The van der Waals surface area contributed by atoms with E-state index in [1.165, 1.54) is 16.8 Å². The quantitative estimate of drug-likeness (QED) is 0.155. The van der Waals surface area contributed by atoms with Crippen molar-refractivity contribution in [2.24, 2.45) is 5.92 Å². The van der Waals surface area contributed by atoms with Crippen LogP contribution in [0.4, 0.5) is 0 Å². The number of aromatic amines is 1. The van der Waals surface area contributed by atoms with E-state index in [-0.39, 0.29) is 19.4 Å². The molecule has 1 aliphatic heterocycles. The molecule has 3 rings (SSSR count). The van der Waals surface area contributed by atoms with E-state index in [0.29, 0.717) is 25.9 Å². The van der Waals surface area contributed by atoms with Crippen molar-refractivity contribution >= 4 is 35.3 Å². The number of aromatic nitrogens is 2. The smallest absolute Gasteiger partial charge is 0.330 e. The van der Waals surface area contributed by atoms with Crippen molar-refractivity contribution in [3.05, 3.63) is 33.1 Å². The van der Waals surface area contributed by atoms with Crippen LogP contribution in [0.2, 0.25) is 0 Å². The summed E-state index contributed by atoms with van der Waals surface area (Å²) < 4.78 is 16.8. The van der Waals surface area contributed by atoms with Gasteiger partial charge in [-0.15, -0.1) is 6.42 Å². The standard InChI is InChI=1S/C11H11IN2O5S.C5H10O2.2C2H6.CH4/c1-2-7-5-8(6-17-20-19-12)18-10(7)14-4-3-9(15)13-11(14)16;6-5(7)3-1-2-4-5;2*1-2;/h1,3-4,7-8,10H,5-6H2,(H,13,15,16);6-7H,1-4H2;2*1-2H3;1H4. The van der Waals surface area contributed by atoms with Crippen molar-refractivity contribution in [1.82, 2.24) is 9.55 Å². The van der Waals surface area contributed by atoms with E-state index in [4.69, 9.17) is 25.6 Å². The van der Waals surface area contributed by atoms with Gasteiger partial charge in [-0.1, -0.05) is 41.0 Å². The molecule has 3 atom stereocenters. The number of hydrogen-bond donors (Lipinski definition) is 3. The van der Waals surface area contributed by atoms with Gasteiger partial charge in [-0.05, 0) is 19.3 Å². The van der Waals surface area contributed by atoms with Crippen LogP contribution < -0.4 is 11.2 Å². The number of rotatable bonds is 5. The Hall–Kier alpha value is -0.880. The summed E-state index contributed by atoms with van der Waals surface area (Å²) in [6.45, 7) is 8.29. The van der Waals surface area contributed by atoms with Gasteiger partial charge in [0.15, 0.2) is 24.3 Å². The van der Waals surface area contributed by atoms with E-state index < -0.39 is 23.3 Å². The Morgan fingerprint density at radius 2 is 1.91 bits per heavy atom. The van der Waals surface area contributed by atoms with E-state index in [1.54, 1.807) is 23.0 Å². The lowest BCUT2D eigenvalue weighted by Gasteiger charge is -2.17. The van der Waals surface area contributed by atoms with Gasteiger partial charge >= 0.3 is 5.69 Å². The van der Waals surface area contributed by atoms with Crippen molar-refractivity contribution in [1.29, 1.82) is 0 Å². The van der Waals surface area contributed by atoms with Crippen LogP contribution in [0.25, 0.3) is 0 Å². The lowest BCUT2D eigenvalue weighted by atomic mass is 10.0. The Labute approximate surface area is 209 Å². The number of aliphatic hydroxyl groups is 2. The third kappa shape index (κ3) is 11.8. The average Bonchev–Trinajstić information content (AvgIpc) is 3.37. The SMILES string of the molecule is C.C#CC1CC(COSOI)OC1n1ccc(=O)[nH]c1=O.CC.CC.OC1(O)CCCC1. The molecule has 0 spiro atoms. The maximum atomic E-state index is 11.8. The molecule has 186 valence electrons. The summed E-state index contributed by atoms with van der Waals surface area (Å²) in [5.74, 6) is 1.03. The highest BCUT2D eigenvalue weighted by atomic mass is 127. The van der Waals surface area contributed by atoms with Crippen molar-refractivity contribution in [3.8, 4) is 12.3 Å². The van der Waals surface area contributed by atoms with E-state index in [1.807, 2.05) is 27.7 Å². The van der Waals surface area contributed by atoms with E-state index in [9.17, 15) is 9.59 Å². The number of nitrogens with one attached hydrogen (secondary N) is 1. The molecule has 1 aromatic heterocycles. The molecular weight excluding hydrogens is 551 g/mol. The minimum atomic E-state index is -1.31. The summed E-state index contributed by atoms with van der Waals surface area (Å²) >= 11 is 2.54. The van der Waals surface area contributed by atoms with Crippen LogP contribution in [0.15, 0.2) is 21.9 Å². The summed E-state index contributed by atoms with van der Waals surface area (Å²) in [5.41, 5.74) is -1.01. The highest BCUT2D eigenvalue weighted by Gasteiger charge is 2.36. The van der Waals surface area contributed by atoms with Crippen LogP contribution in [-0.4, -0.2) is 38.3 Å². The molecular formula is C21H37IN2O7S. The number of hydrogen-bond acceptors (Lipinski definition) is 8. The number of ether oxygens (including phenoxy) is 1. The highest BCUT2D eigenvalue weighted by molar-refractivity contribution is 14.1. The number of halogens is 1. The lowest BCUT2D eigenvalue weighted by molar-refractivity contribution is -0.152. The molecule has 2 heterocycles. The van der Waals surface area contributed by atoms with E-state index in [0.717, 1.165) is 25.2 Å². The van der Waals surface area contributed by atoms with Crippen LogP contribution in [0.5, 0.6) is 0 Å². The second kappa shape index (κ2) is 18.5. The minimum Gasteiger partial charge on any atom is -0.366 e. The predicted molar refractivity (Wildman–Crippen MR) is 136 cm³/mol. The van der Waals surface area contributed by atoms with Crippen molar-refractivity contribution in [3.63, 3.8) is 0 Å². The molecule has 0 amide bonds. The summed E-state index contributed by atoms with van der Waals surface area (Å²) in [7, 11) is 0. The molecule has 1 saturated heterocycles. The minimum absolute atomic E-state index is 0. The molecule has 2 fully saturated rings. The van der Waals surface area contributed by atoms with Crippen LogP contribution in [0.3, 0.4) is 0 Å². The van der Waals surface area contributed by atoms with Crippen molar-refractivity contribution < 1.29 is 21.6 Å². The first-order chi connectivity index (χ1) is 14.9. The molecule has 0 radical (unpaired) electrons. The summed E-state index contributed by atoms with van der Waals surface area (Å²) in [4.78, 5) is 25.0. The molecule has 2 aliphatic rings. The monoisotopic (exact) mass is 588 g/mol. The highest BCUT2D eigenvalue weighted by Crippen LogP contribution is 2.33. The molecule has 3 unspecified atom stereocenters. The fraction of sp³-hybridized carbons (Fsp3) is 0.714. The number of terminal acetylenes is 1. The third-order valence-corrected chi connectivity index (χ3v) is 4.99. The Balaban J connectivity index is 0. The number of nitrogens with zero attached hydrogens (tertiary/aromatic N) is 1. The van der Waals surface area contributed by atoms with E-state index >= 15 is 0 Å². The topological polar surface area (TPSA) is 123 Å². The largest absolute Gasteiger partial charge is 0.366 e. The first kappa shape index (κ1) is 33.3. The van der Waals surface area contributed by atoms with Gasteiger partial charge in [-0.3, -0.25) is 18.5 Å². The number of H-pyrrole nitrogens is 1. The first-order valence-electron chi connectivity index (χ1n) is 10.3. The average molecular weight is 589 g/mol. The zero-order chi connectivity index (χ0) is 23.9. The Bertz CT molecular complexity index is 755. The second-order valence-corrected chi connectivity index (χ2v) is 7.86. The van der Waals surface area contributed by atoms with Gasteiger partial charge in [0, 0.05) is 25.1 Å². The van der Waals surface area contributed by atoms with Crippen LogP contribution in [0.1, 0.15) is 73.5 Å². The molecule has 32 heavy (non-hydrogen) atoms. The second-order valence-electron chi connectivity index (χ2n) is 6.28. The van der Waals surface area contributed by atoms with E-state index in [2.05, 4.69) is 13.4 Å². The maximum Gasteiger partial charge on any atom is 0.330 e. The molecule has 1 saturated carbocycles. The van der Waals surface area contributed by atoms with Gasteiger partial charge in [-0.25, -0.2) is 7.31 Å². The zero-order valence-corrected chi connectivity index (χ0v) is 21.3. The van der Waals surface area contributed by atoms with Gasteiger partial charge in [-0.2, -0.15) is 0 Å². The molecule has 9 nitrogen and oxygen atoms in total. The maximum absolute atomic E-state index is 11.8. The summed E-state index contributed by atoms with van der Waals surface area (Å²) in [5, 5.41) is 17.5. The van der Waals surface area contributed by atoms with Crippen LogP contribution in [0, 0.1) is 18.3 Å². The van der Waals surface area contributed by atoms with Gasteiger partial charge in [0.25, 0.3) is 5.56 Å². The molecule has 1 aliphatic carbocycles. The van der Waals surface area contributed by atoms with Gasteiger partial charge in [0.1, 0.15) is 23.0 Å². The molecule has 0 bridgehead atoms. The Morgan fingerprint density at radius 1 is 1.31 bits per heavy atom. The first-order valence-corrected chi connectivity index (χ1v) is 11.9. The zero-order valence-electron chi connectivity index (χ0n) is 18.4. The van der Waals surface area contributed by atoms with Gasteiger partial charge < -0.3 is 14.9 Å². The fourth-order valence-corrected chi connectivity index (χ4v) is 3.51. The van der Waals surface area contributed by atoms with Crippen molar-refractivity contribution in [2.45, 2.75) is 85.3 Å². The molecule has 0 aromatic carbocycles. The molecule has 3 N–H and O–H groups in total. The van der Waals surface area contributed by atoms with Crippen LogP contribution >= 0.6 is 35.3 Å². The molecule has 1 aromatic rings. The summed E-state index contributed by atoms with van der Waals surface area (Å²) in [6.07, 6.45) is 9.62. The Kier molecular flexibility index (Phi) is 19.3. The summed E-state index contributed by atoms with van der Waals surface area (Å²) in [6, 6.07) is 1.25.